The Morgan fingerprint density at radius 1 is 1.24 bits per heavy atom. The van der Waals surface area contributed by atoms with Crippen molar-refractivity contribution in [1.82, 2.24) is 5.32 Å². The van der Waals surface area contributed by atoms with E-state index in [1.165, 1.54) is 38.5 Å². The Morgan fingerprint density at radius 2 is 1.88 bits per heavy atom. The summed E-state index contributed by atoms with van der Waals surface area (Å²) in [5, 5.41) is 13.6. The van der Waals surface area contributed by atoms with E-state index in [1.807, 2.05) is 0 Å². The van der Waals surface area contributed by atoms with Gasteiger partial charge in [-0.05, 0) is 31.6 Å². The minimum atomic E-state index is -0.0303. The Kier molecular flexibility index (Phi) is 6.50. The third-order valence-corrected chi connectivity index (χ3v) is 4.53. The zero-order valence-corrected chi connectivity index (χ0v) is 12.0. The fourth-order valence-corrected chi connectivity index (χ4v) is 3.02. The Hall–Kier alpha value is -0.0800. The summed E-state index contributed by atoms with van der Waals surface area (Å²) in [5.74, 6) is 0.693. The van der Waals surface area contributed by atoms with Gasteiger partial charge < -0.3 is 10.4 Å². The molecular formula is C15H31NO. The standard InChI is InChI=1S/C15H31NO/c1-4-13(3)11-15(5-2,12-17)16-14-9-7-6-8-10-14/h13-14,16-17H,4-12H2,1-3H3. The molecule has 2 N–H and O–H groups in total. The number of hydrogen-bond acceptors (Lipinski definition) is 2. The molecular weight excluding hydrogens is 210 g/mol. The molecule has 0 radical (unpaired) electrons. The molecule has 0 heterocycles. The third-order valence-electron chi connectivity index (χ3n) is 4.53. The van der Waals surface area contributed by atoms with Crippen LogP contribution in [0.2, 0.25) is 0 Å². The van der Waals surface area contributed by atoms with Crippen molar-refractivity contribution in [1.29, 1.82) is 0 Å². The SMILES string of the molecule is CCC(C)CC(CC)(CO)NC1CCCCC1. The molecule has 0 amide bonds. The van der Waals surface area contributed by atoms with Gasteiger partial charge in [-0.3, -0.25) is 0 Å². The lowest BCUT2D eigenvalue weighted by Crippen LogP contribution is -2.54. The van der Waals surface area contributed by atoms with Crippen LogP contribution in [0.1, 0.15) is 72.1 Å². The lowest BCUT2D eigenvalue weighted by Gasteiger charge is -2.39. The fourth-order valence-electron chi connectivity index (χ4n) is 3.02. The van der Waals surface area contributed by atoms with Crippen molar-refractivity contribution in [3.63, 3.8) is 0 Å². The normalized spacial score (nSPS) is 23.3. The molecule has 1 saturated carbocycles. The maximum absolute atomic E-state index is 9.79. The minimum Gasteiger partial charge on any atom is -0.394 e. The van der Waals surface area contributed by atoms with Crippen LogP contribution in [0.25, 0.3) is 0 Å². The predicted molar refractivity (Wildman–Crippen MR) is 74.2 cm³/mol. The first-order valence-corrected chi connectivity index (χ1v) is 7.54. The van der Waals surface area contributed by atoms with Crippen molar-refractivity contribution < 1.29 is 5.11 Å². The van der Waals surface area contributed by atoms with Gasteiger partial charge in [0.1, 0.15) is 0 Å². The van der Waals surface area contributed by atoms with Gasteiger partial charge in [0.25, 0.3) is 0 Å². The summed E-state index contributed by atoms with van der Waals surface area (Å²) in [7, 11) is 0. The number of rotatable bonds is 7. The molecule has 2 heteroatoms. The molecule has 102 valence electrons. The molecule has 1 aliphatic carbocycles. The van der Waals surface area contributed by atoms with Crippen LogP contribution in [0.15, 0.2) is 0 Å². The molecule has 1 rings (SSSR count). The van der Waals surface area contributed by atoms with Crippen LogP contribution < -0.4 is 5.32 Å². The average Bonchev–Trinajstić information content (AvgIpc) is 2.39. The van der Waals surface area contributed by atoms with Crippen molar-refractivity contribution in [2.75, 3.05) is 6.61 Å². The van der Waals surface area contributed by atoms with Crippen molar-refractivity contribution in [3.8, 4) is 0 Å². The van der Waals surface area contributed by atoms with Crippen molar-refractivity contribution in [2.24, 2.45) is 5.92 Å². The smallest absolute Gasteiger partial charge is 0.0613 e. The van der Waals surface area contributed by atoms with Gasteiger partial charge in [0.2, 0.25) is 0 Å². The van der Waals surface area contributed by atoms with E-state index in [4.69, 9.17) is 0 Å². The van der Waals surface area contributed by atoms with Crippen LogP contribution in [-0.2, 0) is 0 Å². The van der Waals surface area contributed by atoms with Crippen LogP contribution >= 0.6 is 0 Å². The van der Waals surface area contributed by atoms with Crippen LogP contribution in [0.5, 0.6) is 0 Å². The topological polar surface area (TPSA) is 32.3 Å². The summed E-state index contributed by atoms with van der Waals surface area (Å²) >= 11 is 0. The lowest BCUT2D eigenvalue weighted by molar-refractivity contribution is 0.109. The van der Waals surface area contributed by atoms with Crippen LogP contribution in [0.4, 0.5) is 0 Å². The Bertz CT molecular complexity index is 195. The molecule has 2 unspecified atom stereocenters. The second kappa shape index (κ2) is 7.38. The van der Waals surface area contributed by atoms with Gasteiger partial charge in [-0.25, -0.2) is 0 Å². The monoisotopic (exact) mass is 241 g/mol. The third kappa shape index (κ3) is 4.59. The molecule has 1 fully saturated rings. The molecule has 0 saturated heterocycles. The van der Waals surface area contributed by atoms with Gasteiger partial charge in [0, 0.05) is 11.6 Å². The quantitative estimate of drug-likeness (QED) is 0.715. The number of nitrogens with one attached hydrogen (secondary N) is 1. The van der Waals surface area contributed by atoms with E-state index in [1.54, 1.807) is 0 Å². The highest BCUT2D eigenvalue weighted by Crippen LogP contribution is 2.26. The molecule has 0 spiro atoms. The first-order chi connectivity index (χ1) is 8.15. The minimum absolute atomic E-state index is 0.0303. The summed E-state index contributed by atoms with van der Waals surface area (Å²) in [6.07, 6.45) is 10.0. The molecule has 0 aromatic heterocycles. The number of aliphatic hydroxyl groups excluding tert-OH is 1. The van der Waals surface area contributed by atoms with Crippen molar-refractivity contribution in [3.05, 3.63) is 0 Å². The van der Waals surface area contributed by atoms with Crippen molar-refractivity contribution in [2.45, 2.75) is 83.7 Å². The van der Waals surface area contributed by atoms with E-state index in [0.29, 0.717) is 12.0 Å². The van der Waals surface area contributed by atoms with Crippen LogP contribution in [-0.4, -0.2) is 23.3 Å². The first kappa shape index (κ1) is 15.0. The Balaban J connectivity index is 2.55. The molecule has 1 aliphatic rings. The lowest BCUT2D eigenvalue weighted by atomic mass is 9.83. The molecule has 2 atom stereocenters. The maximum atomic E-state index is 9.79. The van der Waals surface area contributed by atoms with E-state index in [9.17, 15) is 5.11 Å². The summed E-state index contributed by atoms with van der Waals surface area (Å²) in [6, 6.07) is 0.639. The number of aliphatic hydroxyl groups is 1. The predicted octanol–water partition coefficient (Wildman–Crippen LogP) is 3.49. The molecule has 2 nitrogen and oxygen atoms in total. The van der Waals surface area contributed by atoms with E-state index < -0.39 is 0 Å². The van der Waals surface area contributed by atoms with Gasteiger partial charge in [-0.15, -0.1) is 0 Å². The van der Waals surface area contributed by atoms with E-state index in [0.717, 1.165) is 12.8 Å². The zero-order valence-electron chi connectivity index (χ0n) is 12.0. The highest BCUT2D eigenvalue weighted by atomic mass is 16.3. The summed E-state index contributed by atoms with van der Waals surface area (Å²) < 4.78 is 0. The highest BCUT2D eigenvalue weighted by molar-refractivity contribution is 4.91. The van der Waals surface area contributed by atoms with Crippen LogP contribution in [0.3, 0.4) is 0 Å². The average molecular weight is 241 g/mol. The largest absolute Gasteiger partial charge is 0.394 e. The second-order valence-corrected chi connectivity index (χ2v) is 5.99. The van der Waals surface area contributed by atoms with Gasteiger partial charge in [-0.1, -0.05) is 46.5 Å². The van der Waals surface area contributed by atoms with Crippen molar-refractivity contribution >= 4 is 0 Å². The number of hydrogen-bond donors (Lipinski definition) is 2. The summed E-state index contributed by atoms with van der Waals surface area (Å²) in [5.41, 5.74) is -0.0303. The zero-order chi connectivity index (χ0) is 12.7. The summed E-state index contributed by atoms with van der Waals surface area (Å²) in [4.78, 5) is 0. The molecule has 0 aromatic rings. The van der Waals surface area contributed by atoms with E-state index in [-0.39, 0.29) is 12.1 Å². The second-order valence-electron chi connectivity index (χ2n) is 5.99. The fraction of sp³-hybridized carbons (Fsp3) is 1.00. The Morgan fingerprint density at radius 3 is 2.35 bits per heavy atom. The Labute approximate surface area is 107 Å². The highest BCUT2D eigenvalue weighted by Gasteiger charge is 2.31. The first-order valence-electron chi connectivity index (χ1n) is 7.54. The van der Waals surface area contributed by atoms with Gasteiger partial charge >= 0.3 is 0 Å². The maximum Gasteiger partial charge on any atom is 0.0613 e. The van der Waals surface area contributed by atoms with Gasteiger partial charge in [0.05, 0.1) is 6.61 Å². The molecule has 0 aliphatic heterocycles. The van der Waals surface area contributed by atoms with Crippen LogP contribution in [0, 0.1) is 5.92 Å². The van der Waals surface area contributed by atoms with Gasteiger partial charge in [0.15, 0.2) is 0 Å². The van der Waals surface area contributed by atoms with Gasteiger partial charge in [-0.2, -0.15) is 0 Å². The van der Waals surface area contributed by atoms with E-state index in [2.05, 4.69) is 26.1 Å². The molecule has 0 aromatic carbocycles. The van der Waals surface area contributed by atoms with E-state index >= 15 is 0 Å². The summed E-state index contributed by atoms with van der Waals surface area (Å²) in [6.45, 7) is 7.02. The molecule has 0 bridgehead atoms. The molecule has 17 heavy (non-hydrogen) atoms.